The second kappa shape index (κ2) is 10.7. The van der Waals surface area contributed by atoms with Crippen LogP contribution in [0.4, 0.5) is 5.13 Å². The zero-order valence-corrected chi connectivity index (χ0v) is 17.3. The van der Waals surface area contributed by atoms with Crippen molar-refractivity contribution in [3.8, 4) is 11.3 Å². The van der Waals surface area contributed by atoms with Crippen LogP contribution in [0.3, 0.4) is 0 Å². The number of methoxy groups -OCH3 is 1. The van der Waals surface area contributed by atoms with Crippen LogP contribution in [0, 0.1) is 0 Å². The van der Waals surface area contributed by atoms with Gasteiger partial charge in [-0.05, 0) is 0 Å². The van der Waals surface area contributed by atoms with Gasteiger partial charge in [-0.15, -0.1) is 23.7 Å². The standard InChI is InChI=1S/C18H21N3O3S2.ClH/c1-24-16(23)10-14-17(12-5-3-2-4-6-12)21-18(26-14)20-15(22)9-13-11-25-8-7-19-13;/h2-6,13,19H,7-11H2,1H3,(H,20,21,22);1H. The molecule has 0 bridgehead atoms. The highest BCUT2D eigenvalue weighted by Crippen LogP contribution is 2.32. The van der Waals surface area contributed by atoms with Crippen molar-refractivity contribution in [1.82, 2.24) is 10.3 Å². The molecule has 1 atom stereocenters. The van der Waals surface area contributed by atoms with Crippen molar-refractivity contribution in [2.24, 2.45) is 0 Å². The number of rotatable bonds is 6. The Morgan fingerprint density at radius 1 is 1.33 bits per heavy atom. The van der Waals surface area contributed by atoms with Gasteiger partial charge >= 0.3 is 5.97 Å². The summed E-state index contributed by atoms with van der Waals surface area (Å²) in [4.78, 5) is 29.4. The Morgan fingerprint density at radius 3 is 2.78 bits per heavy atom. The number of hydrogen-bond donors (Lipinski definition) is 2. The molecule has 1 unspecified atom stereocenters. The number of carbonyl (C=O) groups excluding carboxylic acids is 2. The molecule has 1 aromatic heterocycles. The number of halogens is 1. The molecule has 3 rings (SSSR count). The Hall–Kier alpha value is -1.61. The van der Waals surface area contributed by atoms with Crippen LogP contribution in [0.25, 0.3) is 11.3 Å². The van der Waals surface area contributed by atoms with E-state index in [0.29, 0.717) is 17.2 Å². The van der Waals surface area contributed by atoms with Crippen LogP contribution in [0.15, 0.2) is 30.3 Å². The minimum atomic E-state index is -0.327. The third-order valence-corrected chi connectivity index (χ3v) is 6.06. The molecular weight excluding hydrogens is 406 g/mol. The number of aromatic nitrogens is 1. The van der Waals surface area contributed by atoms with Crippen LogP contribution in [-0.2, 0) is 20.7 Å². The van der Waals surface area contributed by atoms with E-state index in [0.717, 1.165) is 28.5 Å². The molecule has 146 valence electrons. The van der Waals surface area contributed by atoms with E-state index in [9.17, 15) is 9.59 Å². The van der Waals surface area contributed by atoms with Gasteiger partial charge in [-0.25, -0.2) is 4.98 Å². The molecule has 0 saturated carbocycles. The maximum atomic E-state index is 12.3. The van der Waals surface area contributed by atoms with Crippen LogP contribution in [0.1, 0.15) is 11.3 Å². The second-order valence-electron chi connectivity index (χ2n) is 5.89. The second-order valence-corrected chi connectivity index (χ2v) is 8.12. The van der Waals surface area contributed by atoms with Gasteiger partial charge in [0.1, 0.15) is 0 Å². The maximum absolute atomic E-state index is 12.3. The van der Waals surface area contributed by atoms with E-state index < -0.39 is 0 Å². The van der Waals surface area contributed by atoms with E-state index in [-0.39, 0.29) is 36.7 Å². The van der Waals surface area contributed by atoms with Gasteiger partial charge < -0.3 is 15.4 Å². The van der Waals surface area contributed by atoms with Crippen LogP contribution < -0.4 is 10.6 Å². The first-order valence-corrected chi connectivity index (χ1v) is 10.4. The predicted octanol–water partition coefficient (Wildman–Crippen LogP) is 2.98. The Morgan fingerprint density at radius 2 is 2.11 bits per heavy atom. The summed E-state index contributed by atoms with van der Waals surface area (Å²) in [7, 11) is 1.36. The Labute approximate surface area is 172 Å². The van der Waals surface area contributed by atoms with E-state index in [1.807, 2.05) is 42.1 Å². The first kappa shape index (κ1) is 21.7. The minimum Gasteiger partial charge on any atom is -0.469 e. The van der Waals surface area contributed by atoms with Gasteiger partial charge in [0.15, 0.2) is 5.13 Å². The summed E-state index contributed by atoms with van der Waals surface area (Å²) >= 11 is 3.18. The van der Waals surface area contributed by atoms with Crippen LogP contribution >= 0.6 is 35.5 Å². The number of esters is 1. The maximum Gasteiger partial charge on any atom is 0.310 e. The van der Waals surface area contributed by atoms with E-state index in [1.165, 1.54) is 18.4 Å². The largest absolute Gasteiger partial charge is 0.469 e. The number of thiazole rings is 1. The fraction of sp³-hybridized carbons (Fsp3) is 0.389. The lowest BCUT2D eigenvalue weighted by molar-refractivity contribution is -0.139. The van der Waals surface area contributed by atoms with Crippen molar-refractivity contribution in [2.75, 3.05) is 30.5 Å². The summed E-state index contributed by atoms with van der Waals surface area (Å²) in [5.74, 6) is 1.63. The minimum absolute atomic E-state index is 0. The normalized spacial score (nSPS) is 16.3. The average Bonchev–Trinajstić information content (AvgIpc) is 3.05. The van der Waals surface area contributed by atoms with Crippen molar-refractivity contribution in [2.45, 2.75) is 18.9 Å². The molecule has 1 aromatic carbocycles. The van der Waals surface area contributed by atoms with Crippen LogP contribution in [0.2, 0.25) is 0 Å². The van der Waals surface area contributed by atoms with Crippen LogP contribution in [0.5, 0.6) is 0 Å². The number of thioether (sulfide) groups is 1. The lowest BCUT2D eigenvalue weighted by atomic mass is 10.1. The van der Waals surface area contributed by atoms with Crippen molar-refractivity contribution in [3.05, 3.63) is 35.2 Å². The fourth-order valence-corrected chi connectivity index (χ4v) is 4.63. The average molecular weight is 428 g/mol. The smallest absolute Gasteiger partial charge is 0.310 e. The molecule has 1 fully saturated rings. The van der Waals surface area contributed by atoms with E-state index in [4.69, 9.17) is 4.74 Å². The van der Waals surface area contributed by atoms with Crippen LogP contribution in [-0.4, -0.2) is 48.1 Å². The van der Waals surface area contributed by atoms with Crippen molar-refractivity contribution < 1.29 is 14.3 Å². The van der Waals surface area contributed by atoms with Crippen molar-refractivity contribution in [3.63, 3.8) is 0 Å². The number of anilines is 1. The topological polar surface area (TPSA) is 80.3 Å². The van der Waals surface area contributed by atoms with Crippen molar-refractivity contribution in [1.29, 1.82) is 0 Å². The lowest BCUT2D eigenvalue weighted by Gasteiger charge is -2.22. The Kier molecular flexibility index (Phi) is 8.56. The van der Waals surface area contributed by atoms with Gasteiger partial charge in [-0.2, -0.15) is 11.8 Å². The number of benzene rings is 1. The highest BCUT2D eigenvalue weighted by molar-refractivity contribution is 7.99. The van der Waals surface area contributed by atoms with Gasteiger partial charge in [0, 0.05) is 41.0 Å². The van der Waals surface area contributed by atoms with Gasteiger partial charge in [0.05, 0.1) is 19.2 Å². The number of ether oxygens (including phenoxy) is 1. The molecule has 0 aliphatic carbocycles. The van der Waals surface area contributed by atoms with E-state index in [2.05, 4.69) is 15.6 Å². The zero-order valence-electron chi connectivity index (χ0n) is 14.9. The first-order valence-electron chi connectivity index (χ1n) is 8.38. The molecule has 1 amide bonds. The van der Waals surface area contributed by atoms with Gasteiger partial charge in [0.25, 0.3) is 0 Å². The summed E-state index contributed by atoms with van der Waals surface area (Å²) in [6.07, 6.45) is 0.550. The number of nitrogens with zero attached hydrogens (tertiary/aromatic N) is 1. The predicted molar refractivity (Wildman–Crippen MR) is 113 cm³/mol. The number of amides is 1. The molecule has 2 N–H and O–H groups in total. The molecule has 0 spiro atoms. The van der Waals surface area contributed by atoms with Gasteiger partial charge in [0.2, 0.25) is 5.91 Å². The molecule has 9 heteroatoms. The lowest BCUT2D eigenvalue weighted by Crippen LogP contribution is -2.39. The van der Waals surface area contributed by atoms with Crippen molar-refractivity contribution >= 4 is 52.5 Å². The molecule has 1 aliphatic rings. The highest BCUT2D eigenvalue weighted by atomic mass is 35.5. The Bertz CT molecular complexity index is 764. The number of carbonyl (C=O) groups is 2. The molecule has 1 saturated heterocycles. The SMILES string of the molecule is COC(=O)Cc1sc(NC(=O)CC2CSCCN2)nc1-c1ccccc1.Cl. The summed E-state index contributed by atoms with van der Waals surface area (Å²) in [5.41, 5.74) is 1.62. The molecule has 0 radical (unpaired) electrons. The number of hydrogen-bond acceptors (Lipinski definition) is 7. The first-order chi connectivity index (χ1) is 12.7. The zero-order chi connectivity index (χ0) is 18.4. The number of nitrogens with one attached hydrogen (secondary N) is 2. The quantitative estimate of drug-likeness (QED) is 0.690. The molecule has 27 heavy (non-hydrogen) atoms. The summed E-state index contributed by atoms with van der Waals surface area (Å²) in [6, 6.07) is 9.82. The molecular formula is C18H22ClN3O3S2. The highest BCUT2D eigenvalue weighted by Gasteiger charge is 2.20. The molecule has 1 aliphatic heterocycles. The summed E-state index contributed by atoms with van der Waals surface area (Å²) < 4.78 is 4.78. The fourth-order valence-electron chi connectivity index (χ4n) is 2.69. The van der Waals surface area contributed by atoms with E-state index >= 15 is 0 Å². The third kappa shape index (κ3) is 6.21. The molecule has 6 nitrogen and oxygen atoms in total. The Balaban J connectivity index is 0.00000261. The van der Waals surface area contributed by atoms with Gasteiger partial charge in [-0.3, -0.25) is 9.59 Å². The van der Waals surface area contributed by atoms with Gasteiger partial charge in [-0.1, -0.05) is 30.3 Å². The molecule has 2 heterocycles. The van der Waals surface area contributed by atoms with E-state index in [1.54, 1.807) is 0 Å². The summed E-state index contributed by atoms with van der Waals surface area (Å²) in [6.45, 7) is 0.932. The third-order valence-electron chi connectivity index (χ3n) is 3.95. The summed E-state index contributed by atoms with van der Waals surface area (Å²) in [5, 5.41) is 6.74. The molecule has 2 aromatic rings. The monoisotopic (exact) mass is 427 g/mol.